The molecule has 1 aromatic heterocycles. The molecular formula is C15H18N2O. The van der Waals surface area contributed by atoms with Crippen molar-refractivity contribution in [2.75, 3.05) is 12.3 Å². The highest BCUT2D eigenvalue weighted by Crippen LogP contribution is 2.16. The van der Waals surface area contributed by atoms with Crippen LogP contribution in [0.25, 0.3) is 0 Å². The number of hydrogen-bond donors (Lipinski definition) is 1. The van der Waals surface area contributed by atoms with Crippen LogP contribution in [0.1, 0.15) is 24.5 Å². The molecule has 0 unspecified atom stereocenters. The Hall–Kier alpha value is -2.03. The van der Waals surface area contributed by atoms with Gasteiger partial charge in [0.25, 0.3) is 0 Å². The van der Waals surface area contributed by atoms with Crippen LogP contribution >= 0.6 is 0 Å². The Morgan fingerprint density at radius 2 is 1.89 bits per heavy atom. The first-order valence-electron chi connectivity index (χ1n) is 6.20. The van der Waals surface area contributed by atoms with Crippen molar-refractivity contribution < 1.29 is 4.74 Å². The normalized spacial score (nSPS) is 10.3. The van der Waals surface area contributed by atoms with Gasteiger partial charge in [0.15, 0.2) is 0 Å². The number of benzene rings is 1. The van der Waals surface area contributed by atoms with E-state index in [-0.39, 0.29) is 0 Å². The van der Waals surface area contributed by atoms with Crippen molar-refractivity contribution >= 4 is 5.82 Å². The van der Waals surface area contributed by atoms with Crippen LogP contribution in [0.4, 0.5) is 5.82 Å². The van der Waals surface area contributed by atoms with Gasteiger partial charge in [0.05, 0.1) is 6.61 Å². The molecule has 0 fully saturated rings. The number of nitrogens with zero attached hydrogens (tertiary/aromatic N) is 1. The van der Waals surface area contributed by atoms with E-state index in [1.165, 1.54) is 11.1 Å². The second-order valence-electron chi connectivity index (χ2n) is 4.26. The fraction of sp³-hybridized carbons (Fsp3) is 0.267. The van der Waals surface area contributed by atoms with E-state index in [0.29, 0.717) is 5.82 Å². The van der Waals surface area contributed by atoms with Crippen LogP contribution in [0.3, 0.4) is 0 Å². The van der Waals surface area contributed by atoms with E-state index in [4.69, 9.17) is 10.5 Å². The Bertz CT molecular complexity index is 494. The molecule has 1 aromatic carbocycles. The molecule has 3 nitrogen and oxygen atoms in total. The number of anilines is 1. The van der Waals surface area contributed by atoms with Crippen molar-refractivity contribution in [2.45, 2.75) is 19.8 Å². The summed E-state index contributed by atoms with van der Waals surface area (Å²) in [6.07, 6.45) is 3.63. The van der Waals surface area contributed by atoms with Gasteiger partial charge in [0.2, 0.25) is 0 Å². The summed E-state index contributed by atoms with van der Waals surface area (Å²) in [5.41, 5.74) is 8.07. The third kappa shape index (κ3) is 3.48. The minimum absolute atomic E-state index is 0.565. The van der Waals surface area contributed by atoms with Crippen LogP contribution in [-0.4, -0.2) is 11.6 Å². The molecular weight excluding hydrogens is 224 g/mol. The van der Waals surface area contributed by atoms with Gasteiger partial charge in [0, 0.05) is 6.20 Å². The molecule has 0 saturated heterocycles. The van der Waals surface area contributed by atoms with Crippen LogP contribution in [-0.2, 0) is 6.42 Å². The zero-order chi connectivity index (χ0) is 12.8. The average Bonchev–Trinajstić information content (AvgIpc) is 2.38. The molecule has 2 aromatic rings. The first-order chi connectivity index (χ1) is 8.78. The van der Waals surface area contributed by atoms with E-state index in [1.807, 2.05) is 24.3 Å². The van der Waals surface area contributed by atoms with Crippen molar-refractivity contribution in [3.63, 3.8) is 0 Å². The standard InChI is InChI=1S/C15H18N2O/c1-2-9-18-14-5-3-12(4-6-14)10-13-7-8-17-15(16)11-13/h3-8,11H,2,9-10H2,1H3,(H2,16,17). The number of nitrogen functional groups attached to an aromatic ring is 1. The van der Waals surface area contributed by atoms with Crippen molar-refractivity contribution in [3.05, 3.63) is 53.7 Å². The van der Waals surface area contributed by atoms with E-state index in [9.17, 15) is 0 Å². The molecule has 94 valence electrons. The number of pyridine rings is 1. The summed E-state index contributed by atoms with van der Waals surface area (Å²) in [7, 11) is 0. The van der Waals surface area contributed by atoms with Gasteiger partial charge in [-0.15, -0.1) is 0 Å². The lowest BCUT2D eigenvalue weighted by Gasteiger charge is -2.06. The second kappa shape index (κ2) is 6.05. The van der Waals surface area contributed by atoms with E-state index >= 15 is 0 Å². The van der Waals surface area contributed by atoms with Crippen molar-refractivity contribution in [1.82, 2.24) is 4.98 Å². The lowest BCUT2D eigenvalue weighted by Crippen LogP contribution is -1.96. The molecule has 0 bridgehead atoms. The summed E-state index contributed by atoms with van der Waals surface area (Å²) in [6.45, 7) is 2.86. The predicted molar refractivity (Wildman–Crippen MR) is 73.7 cm³/mol. The second-order valence-corrected chi connectivity index (χ2v) is 4.26. The molecule has 0 spiro atoms. The van der Waals surface area contributed by atoms with Crippen LogP contribution in [0.5, 0.6) is 5.75 Å². The Morgan fingerprint density at radius 1 is 1.11 bits per heavy atom. The Labute approximate surface area is 108 Å². The van der Waals surface area contributed by atoms with Gasteiger partial charge in [-0.1, -0.05) is 19.1 Å². The van der Waals surface area contributed by atoms with E-state index < -0.39 is 0 Å². The van der Waals surface area contributed by atoms with Crippen LogP contribution in [0, 0.1) is 0 Å². The monoisotopic (exact) mass is 242 g/mol. The summed E-state index contributed by atoms with van der Waals surface area (Å²) >= 11 is 0. The van der Waals surface area contributed by atoms with Crippen LogP contribution in [0.2, 0.25) is 0 Å². The molecule has 18 heavy (non-hydrogen) atoms. The van der Waals surface area contributed by atoms with Crippen LogP contribution < -0.4 is 10.5 Å². The first-order valence-corrected chi connectivity index (χ1v) is 6.20. The number of hydrogen-bond acceptors (Lipinski definition) is 3. The fourth-order valence-corrected chi connectivity index (χ4v) is 1.76. The fourth-order valence-electron chi connectivity index (χ4n) is 1.76. The van der Waals surface area contributed by atoms with E-state index in [2.05, 4.69) is 24.0 Å². The maximum atomic E-state index is 5.66. The van der Waals surface area contributed by atoms with Crippen molar-refractivity contribution in [1.29, 1.82) is 0 Å². The molecule has 2 rings (SSSR count). The molecule has 3 heteroatoms. The first kappa shape index (κ1) is 12.4. The molecule has 0 atom stereocenters. The number of ether oxygens (including phenoxy) is 1. The van der Waals surface area contributed by atoms with E-state index in [1.54, 1.807) is 6.20 Å². The number of aromatic nitrogens is 1. The zero-order valence-corrected chi connectivity index (χ0v) is 10.6. The minimum atomic E-state index is 0.565. The Kier molecular flexibility index (Phi) is 4.18. The third-order valence-corrected chi connectivity index (χ3v) is 2.65. The summed E-state index contributed by atoms with van der Waals surface area (Å²) in [6, 6.07) is 12.1. The van der Waals surface area contributed by atoms with Gasteiger partial charge in [-0.2, -0.15) is 0 Å². The maximum absolute atomic E-state index is 5.66. The predicted octanol–water partition coefficient (Wildman–Crippen LogP) is 3.04. The maximum Gasteiger partial charge on any atom is 0.123 e. The molecule has 0 aliphatic carbocycles. The van der Waals surface area contributed by atoms with Crippen molar-refractivity contribution in [3.8, 4) is 5.75 Å². The topological polar surface area (TPSA) is 48.1 Å². The summed E-state index contributed by atoms with van der Waals surface area (Å²) in [5.74, 6) is 1.49. The summed E-state index contributed by atoms with van der Waals surface area (Å²) < 4.78 is 5.55. The zero-order valence-electron chi connectivity index (χ0n) is 10.6. The van der Waals surface area contributed by atoms with Crippen LogP contribution in [0.15, 0.2) is 42.6 Å². The Morgan fingerprint density at radius 3 is 2.56 bits per heavy atom. The van der Waals surface area contributed by atoms with Gasteiger partial charge in [-0.05, 0) is 48.2 Å². The highest BCUT2D eigenvalue weighted by atomic mass is 16.5. The molecule has 1 heterocycles. The number of rotatable bonds is 5. The van der Waals surface area contributed by atoms with Gasteiger partial charge in [0.1, 0.15) is 11.6 Å². The van der Waals surface area contributed by atoms with Gasteiger partial charge < -0.3 is 10.5 Å². The molecule has 0 aliphatic heterocycles. The smallest absolute Gasteiger partial charge is 0.123 e. The van der Waals surface area contributed by atoms with Crippen molar-refractivity contribution in [2.24, 2.45) is 0 Å². The quantitative estimate of drug-likeness (QED) is 0.876. The highest BCUT2D eigenvalue weighted by Gasteiger charge is 1.99. The summed E-state index contributed by atoms with van der Waals surface area (Å²) in [5, 5.41) is 0. The Balaban J connectivity index is 2.02. The lowest BCUT2D eigenvalue weighted by atomic mass is 10.1. The summed E-state index contributed by atoms with van der Waals surface area (Å²) in [4.78, 5) is 3.99. The SMILES string of the molecule is CCCOc1ccc(Cc2ccnc(N)c2)cc1. The minimum Gasteiger partial charge on any atom is -0.494 e. The highest BCUT2D eigenvalue weighted by molar-refractivity contribution is 5.36. The average molecular weight is 242 g/mol. The lowest BCUT2D eigenvalue weighted by molar-refractivity contribution is 0.317. The molecule has 0 aliphatic rings. The molecule has 0 amide bonds. The molecule has 0 saturated carbocycles. The largest absolute Gasteiger partial charge is 0.494 e. The molecule has 0 radical (unpaired) electrons. The number of nitrogens with two attached hydrogens (primary N) is 1. The van der Waals surface area contributed by atoms with Gasteiger partial charge >= 0.3 is 0 Å². The molecule has 2 N–H and O–H groups in total. The van der Waals surface area contributed by atoms with Gasteiger partial charge in [-0.25, -0.2) is 4.98 Å². The van der Waals surface area contributed by atoms with Gasteiger partial charge in [-0.3, -0.25) is 0 Å². The third-order valence-electron chi connectivity index (χ3n) is 2.65. The van der Waals surface area contributed by atoms with E-state index in [0.717, 1.165) is 25.2 Å².